The predicted molar refractivity (Wildman–Crippen MR) is 88.2 cm³/mol. The lowest BCUT2D eigenvalue weighted by molar-refractivity contribution is 0.187. The minimum absolute atomic E-state index is 0.732. The zero-order chi connectivity index (χ0) is 14.2. The van der Waals surface area contributed by atoms with Crippen molar-refractivity contribution in [1.29, 1.82) is 0 Å². The van der Waals surface area contributed by atoms with Crippen molar-refractivity contribution in [2.24, 2.45) is 5.92 Å². The normalized spacial score (nSPS) is 24.1. The van der Waals surface area contributed by atoms with E-state index in [4.69, 9.17) is 0 Å². The van der Waals surface area contributed by atoms with Gasteiger partial charge in [-0.25, -0.2) is 0 Å². The third kappa shape index (κ3) is 5.37. The van der Waals surface area contributed by atoms with E-state index in [2.05, 4.69) is 24.2 Å². The van der Waals surface area contributed by atoms with Crippen LogP contribution in [0.5, 0.6) is 0 Å². The van der Waals surface area contributed by atoms with Gasteiger partial charge in [0.1, 0.15) is 0 Å². The average molecular weight is 280 g/mol. The monoisotopic (exact) mass is 280 g/mol. The molecule has 2 aliphatic carbocycles. The zero-order valence-electron chi connectivity index (χ0n) is 13.9. The summed E-state index contributed by atoms with van der Waals surface area (Å²) in [5.74, 6) is 0.944. The fourth-order valence-electron chi connectivity index (χ4n) is 4.16. The van der Waals surface area contributed by atoms with Crippen molar-refractivity contribution in [2.75, 3.05) is 20.1 Å². The van der Waals surface area contributed by atoms with Gasteiger partial charge in [0.25, 0.3) is 0 Å². The topological polar surface area (TPSA) is 15.3 Å². The SMILES string of the molecule is CC(NCCCN(C)C1CCCCC1)C1CCCCC1. The Kier molecular flexibility index (Phi) is 7.37. The van der Waals surface area contributed by atoms with Gasteiger partial charge < -0.3 is 10.2 Å². The van der Waals surface area contributed by atoms with Crippen molar-refractivity contribution in [1.82, 2.24) is 10.2 Å². The summed E-state index contributed by atoms with van der Waals surface area (Å²) in [6, 6.07) is 1.61. The summed E-state index contributed by atoms with van der Waals surface area (Å²) >= 11 is 0. The molecule has 20 heavy (non-hydrogen) atoms. The van der Waals surface area contributed by atoms with E-state index in [0.717, 1.165) is 18.0 Å². The third-order valence-electron chi connectivity index (χ3n) is 5.71. The first-order valence-electron chi connectivity index (χ1n) is 9.21. The van der Waals surface area contributed by atoms with Gasteiger partial charge >= 0.3 is 0 Å². The summed E-state index contributed by atoms with van der Waals surface area (Å²) in [6.45, 7) is 4.88. The van der Waals surface area contributed by atoms with Crippen LogP contribution in [-0.2, 0) is 0 Å². The lowest BCUT2D eigenvalue weighted by Crippen LogP contribution is -2.38. The highest BCUT2D eigenvalue weighted by Crippen LogP contribution is 2.26. The Morgan fingerprint density at radius 1 is 0.950 bits per heavy atom. The van der Waals surface area contributed by atoms with Gasteiger partial charge in [0, 0.05) is 12.1 Å². The number of nitrogens with zero attached hydrogens (tertiary/aromatic N) is 1. The maximum atomic E-state index is 3.78. The van der Waals surface area contributed by atoms with Crippen molar-refractivity contribution in [2.45, 2.75) is 89.6 Å². The molecule has 2 heteroatoms. The van der Waals surface area contributed by atoms with Crippen molar-refractivity contribution in [3.63, 3.8) is 0 Å². The van der Waals surface area contributed by atoms with E-state index in [1.807, 2.05) is 0 Å². The average Bonchev–Trinajstić information content (AvgIpc) is 2.53. The Bertz CT molecular complexity index is 216. The number of hydrogen-bond donors (Lipinski definition) is 1. The molecule has 2 rings (SSSR count). The molecular weight excluding hydrogens is 244 g/mol. The lowest BCUT2D eigenvalue weighted by Gasteiger charge is -2.32. The molecule has 2 aliphatic rings. The molecule has 2 fully saturated rings. The van der Waals surface area contributed by atoms with E-state index >= 15 is 0 Å². The van der Waals surface area contributed by atoms with E-state index < -0.39 is 0 Å². The molecule has 0 spiro atoms. The fourth-order valence-corrected chi connectivity index (χ4v) is 4.16. The highest BCUT2D eigenvalue weighted by Gasteiger charge is 2.20. The van der Waals surface area contributed by atoms with Crippen molar-refractivity contribution < 1.29 is 0 Å². The number of nitrogens with one attached hydrogen (secondary N) is 1. The summed E-state index contributed by atoms with van der Waals surface area (Å²) in [7, 11) is 2.33. The molecule has 0 aromatic heterocycles. The van der Waals surface area contributed by atoms with E-state index in [1.54, 1.807) is 0 Å². The molecule has 118 valence electrons. The summed E-state index contributed by atoms with van der Waals surface area (Å²) in [6.07, 6.45) is 15.8. The van der Waals surface area contributed by atoms with Gasteiger partial charge in [-0.05, 0) is 65.1 Å². The highest BCUT2D eigenvalue weighted by atomic mass is 15.1. The Morgan fingerprint density at radius 2 is 1.55 bits per heavy atom. The standard InChI is InChI=1S/C18H36N2/c1-16(17-10-5-3-6-11-17)19-14-9-15-20(2)18-12-7-4-8-13-18/h16-19H,3-15H2,1-2H3. The molecule has 1 atom stereocenters. The first kappa shape index (κ1) is 16.3. The molecule has 0 heterocycles. The molecule has 0 aromatic carbocycles. The summed E-state index contributed by atoms with van der Waals surface area (Å²) in [5, 5.41) is 3.78. The van der Waals surface area contributed by atoms with Crippen LogP contribution in [0.2, 0.25) is 0 Å². The van der Waals surface area contributed by atoms with Crippen LogP contribution < -0.4 is 5.32 Å². The lowest BCUT2D eigenvalue weighted by atomic mass is 9.84. The molecule has 2 saturated carbocycles. The zero-order valence-corrected chi connectivity index (χ0v) is 13.9. The molecule has 0 radical (unpaired) electrons. The first-order chi connectivity index (χ1) is 9.77. The van der Waals surface area contributed by atoms with Gasteiger partial charge in [0.2, 0.25) is 0 Å². The van der Waals surface area contributed by atoms with Crippen molar-refractivity contribution in [3.8, 4) is 0 Å². The molecule has 2 nitrogen and oxygen atoms in total. The van der Waals surface area contributed by atoms with Crippen molar-refractivity contribution in [3.05, 3.63) is 0 Å². The maximum Gasteiger partial charge on any atom is 0.00922 e. The summed E-state index contributed by atoms with van der Waals surface area (Å²) in [4.78, 5) is 2.62. The van der Waals surface area contributed by atoms with E-state index in [9.17, 15) is 0 Å². The van der Waals surface area contributed by atoms with E-state index in [-0.39, 0.29) is 0 Å². The molecule has 0 bridgehead atoms. The molecule has 1 unspecified atom stereocenters. The maximum absolute atomic E-state index is 3.78. The molecule has 0 amide bonds. The fraction of sp³-hybridized carbons (Fsp3) is 1.00. The van der Waals surface area contributed by atoms with Gasteiger partial charge in [-0.1, -0.05) is 38.5 Å². The van der Waals surface area contributed by atoms with Crippen LogP contribution in [0.3, 0.4) is 0 Å². The smallest absolute Gasteiger partial charge is 0.00922 e. The van der Waals surface area contributed by atoms with Crippen LogP contribution in [0.1, 0.15) is 77.6 Å². The first-order valence-corrected chi connectivity index (χ1v) is 9.21. The van der Waals surface area contributed by atoms with Gasteiger partial charge in [-0.15, -0.1) is 0 Å². The van der Waals surface area contributed by atoms with Crippen LogP contribution in [0.25, 0.3) is 0 Å². The second-order valence-electron chi connectivity index (χ2n) is 7.27. The minimum Gasteiger partial charge on any atom is -0.314 e. The molecule has 0 aromatic rings. The molecule has 0 aliphatic heterocycles. The molecule has 0 saturated heterocycles. The quantitative estimate of drug-likeness (QED) is 0.703. The second kappa shape index (κ2) is 9.04. The van der Waals surface area contributed by atoms with Crippen LogP contribution in [0, 0.1) is 5.92 Å². The molecule has 1 N–H and O–H groups in total. The summed E-state index contributed by atoms with van der Waals surface area (Å²) in [5.41, 5.74) is 0. The third-order valence-corrected chi connectivity index (χ3v) is 5.71. The number of rotatable bonds is 7. The van der Waals surface area contributed by atoms with Crippen LogP contribution >= 0.6 is 0 Å². The van der Waals surface area contributed by atoms with Gasteiger partial charge in [0.05, 0.1) is 0 Å². The Labute approximate surface area is 126 Å². The Balaban J connectivity index is 1.53. The number of hydrogen-bond acceptors (Lipinski definition) is 2. The molecular formula is C18H36N2. The summed E-state index contributed by atoms with van der Waals surface area (Å²) < 4.78 is 0. The van der Waals surface area contributed by atoms with Gasteiger partial charge in [0.15, 0.2) is 0 Å². The highest BCUT2D eigenvalue weighted by molar-refractivity contribution is 4.77. The second-order valence-corrected chi connectivity index (χ2v) is 7.27. The van der Waals surface area contributed by atoms with Crippen LogP contribution in [-0.4, -0.2) is 37.1 Å². The van der Waals surface area contributed by atoms with Crippen LogP contribution in [0.4, 0.5) is 0 Å². The Hall–Kier alpha value is -0.0800. The van der Waals surface area contributed by atoms with Crippen molar-refractivity contribution >= 4 is 0 Å². The Morgan fingerprint density at radius 3 is 2.20 bits per heavy atom. The van der Waals surface area contributed by atoms with E-state index in [0.29, 0.717) is 0 Å². The van der Waals surface area contributed by atoms with E-state index in [1.165, 1.54) is 83.7 Å². The largest absolute Gasteiger partial charge is 0.314 e. The minimum atomic E-state index is 0.732. The van der Waals surface area contributed by atoms with Gasteiger partial charge in [-0.2, -0.15) is 0 Å². The van der Waals surface area contributed by atoms with Gasteiger partial charge in [-0.3, -0.25) is 0 Å². The predicted octanol–water partition coefficient (Wildman–Crippen LogP) is 4.20. The van der Waals surface area contributed by atoms with Crippen LogP contribution in [0.15, 0.2) is 0 Å².